The van der Waals surface area contributed by atoms with Gasteiger partial charge in [0.25, 0.3) is 5.56 Å². The van der Waals surface area contributed by atoms with Crippen LogP contribution in [0.25, 0.3) is 10.2 Å². The van der Waals surface area contributed by atoms with Gasteiger partial charge in [0.2, 0.25) is 0 Å². The second-order valence-corrected chi connectivity index (χ2v) is 8.93. The van der Waals surface area contributed by atoms with Gasteiger partial charge in [-0.15, -0.1) is 17.9 Å². The summed E-state index contributed by atoms with van der Waals surface area (Å²) < 4.78 is 1.79. The van der Waals surface area contributed by atoms with Gasteiger partial charge in [0.05, 0.1) is 5.39 Å². The van der Waals surface area contributed by atoms with Crippen LogP contribution in [0.3, 0.4) is 0 Å². The van der Waals surface area contributed by atoms with Gasteiger partial charge in [-0.1, -0.05) is 55.1 Å². The molecule has 134 valence electrons. The van der Waals surface area contributed by atoms with Gasteiger partial charge in [-0.05, 0) is 36.3 Å². The van der Waals surface area contributed by atoms with E-state index in [0.717, 1.165) is 34.0 Å². The number of thiophene rings is 1. The second kappa shape index (κ2) is 7.41. The number of allylic oxidation sites excluding steroid dienone is 1. The lowest BCUT2D eigenvalue weighted by molar-refractivity contribution is 0.508. The van der Waals surface area contributed by atoms with Crippen molar-refractivity contribution in [1.82, 2.24) is 9.55 Å². The molecule has 0 bridgehead atoms. The second-order valence-electron chi connectivity index (χ2n) is 6.90. The molecule has 1 aromatic carbocycles. The van der Waals surface area contributed by atoms with E-state index in [4.69, 9.17) is 4.98 Å². The number of rotatable bonds is 5. The number of aromatic nitrogens is 2. The lowest BCUT2D eigenvalue weighted by atomic mass is 9.89. The Hall–Kier alpha value is -1.85. The van der Waals surface area contributed by atoms with Gasteiger partial charge in [0.15, 0.2) is 5.16 Å². The Morgan fingerprint density at radius 1 is 1.38 bits per heavy atom. The van der Waals surface area contributed by atoms with Crippen molar-refractivity contribution in [3.05, 3.63) is 69.3 Å². The zero-order valence-corrected chi connectivity index (χ0v) is 16.5. The summed E-state index contributed by atoms with van der Waals surface area (Å²) in [6, 6.07) is 10.3. The molecule has 1 aliphatic rings. The van der Waals surface area contributed by atoms with E-state index in [1.807, 2.05) is 18.2 Å². The number of benzene rings is 1. The molecule has 0 aliphatic heterocycles. The molecule has 0 N–H and O–H groups in total. The van der Waals surface area contributed by atoms with Crippen molar-refractivity contribution >= 4 is 33.3 Å². The zero-order valence-electron chi connectivity index (χ0n) is 14.9. The van der Waals surface area contributed by atoms with E-state index in [1.165, 1.54) is 22.4 Å². The van der Waals surface area contributed by atoms with Gasteiger partial charge in [0.1, 0.15) is 4.83 Å². The molecule has 1 atom stereocenters. The Labute approximate surface area is 161 Å². The first-order chi connectivity index (χ1) is 12.7. The van der Waals surface area contributed by atoms with Crippen LogP contribution in [0.15, 0.2) is 52.9 Å². The van der Waals surface area contributed by atoms with E-state index in [9.17, 15) is 4.79 Å². The molecule has 0 fully saturated rings. The van der Waals surface area contributed by atoms with Crippen molar-refractivity contribution < 1.29 is 0 Å². The monoisotopic (exact) mass is 382 g/mol. The topological polar surface area (TPSA) is 34.9 Å². The Bertz CT molecular complexity index is 1000. The fourth-order valence-electron chi connectivity index (χ4n) is 3.53. The van der Waals surface area contributed by atoms with E-state index >= 15 is 0 Å². The highest BCUT2D eigenvalue weighted by Crippen LogP contribution is 2.36. The Kier molecular flexibility index (Phi) is 5.00. The summed E-state index contributed by atoms with van der Waals surface area (Å²) in [6.07, 6.45) is 5.06. The largest absolute Gasteiger partial charge is 0.283 e. The molecule has 2 heterocycles. The maximum absolute atomic E-state index is 13.3. The Morgan fingerprint density at radius 3 is 2.96 bits per heavy atom. The standard InChI is InChI=1S/C21H22N2OS2/c1-3-11-23-20(24)18-16-12-14(2)9-10-17(16)26-19(18)22-21(23)25-13-15-7-5-4-6-8-15/h3-8,14H,1,9-13H2,2H3/t14-/m1/s1. The molecule has 0 radical (unpaired) electrons. The van der Waals surface area contributed by atoms with Gasteiger partial charge in [-0.25, -0.2) is 4.98 Å². The minimum atomic E-state index is 0.0945. The summed E-state index contributed by atoms with van der Waals surface area (Å²) in [5, 5.41) is 1.64. The van der Waals surface area contributed by atoms with E-state index in [1.54, 1.807) is 33.7 Å². The molecule has 0 saturated heterocycles. The van der Waals surface area contributed by atoms with Crippen LogP contribution in [-0.2, 0) is 25.1 Å². The van der Waals surface area contributed by atoms with Crippen LogP contribution in [0.4, 0.5) is 0 Å². The number of hydrogen-bond donors (Lipinski definition) is 0. The molecule has 4 rings (SSSR count). The first-order valence-electron chi connectivity index (χ1n) is 9.00. The quantitative estimate of drug-likeness (QED) is 0.351. The SMILES string of the molecule is C=CCn1c(SCc2ccccc2)nc2sc3c(c2c1=O)C[C@H](C)CC3. The van der Waals surface area contributed by atoms with Crippen molar-refractivity contribution in [2.75, 3.05) is 0 Å². The van der Waals surface area contributed by atoms with Crippen LogP contribution < -0.4 is 5.56 Å². The lowest BCUT2D eigenvalue weighted by Crippen LogP contribution is -2.23. The van der Waals surface area contributed by atoms with E-state index < -0.39 is 0 Å². The van der Waals surface area contributed by atoms with Gasteiger partial charge in [0, 0.05) is 17.2 Å². The summed E-state index contributed by atoms with van der Waals surface area (Å²) in [5.74, 6) is 1.44. The zero-order chi connectivity index (χ0) is 18.1. The van der Waals surface area contributed by atoms with Crippen LogP contribution >= 0.6 is 23.1 Å². The minimum Gasteiger partial charge on any atom is -0.283 e. The average molecular weight is 383 g/mol. The van der Waals surface area contributed by atoms with Crippen molar-refractivity contribution in [3.63, 3.8) is 0 Å². The fraction of sp³-hybridized carbons (Fsp3) is 0.333. The van der Waals surface area contributed by atoms with Crippen molar-refractivity contribution in [2.45, 2.75) is 43.6 Å². The smallest absolute Gasteiger partial charge is 0.263 e. The van der Waals surface area contributed by atoms with Crippen LogP contribution in [0, 0.1) is 5.92 Å². The van der Waals surface area contributed by atoms with Crippen molar-refractivity contribution in [1.29, 1.82) is 0 Å². The van der Waals surface area contributed by atoms with Gasteiger partial charge < -0.3 is 0 Å². The van der Waals surface area contributed by atoms with E-state index in [0.29, 0.717) is 12.5 Å². The summed E-state index contributed by atoms with van der Waals surface area (Å²) in [5.41, 5.74) is 2.58. The third-order valence-electron chi connectivity index (χ3n) is 4.90. The molecular formula is C21H22N2OS2. The molecule has 0 saturated carbocycles. The van der Waals surface area contributed by atoms with Gasteiger partial charge in [-0.3, -0.25) is 9.36 Å². The van der Waals surface area contributed by atoms with E-state index in [-0.39, 0.29) is 5.56 Å². The highest BCUT2D eigenvalue weighted by molar-refractivity contribution is 7.98. The lowest BCUT2D eigenvalue weighted by Gasteiger charge is -2.18. The Balaban J connectivity index is 1.78. The van der Waals surface area contributed by atoms with Crippen LogP contribution in [0.2, 0.25) is 0 Å². The first kappa shape index (κ1) is 17.6. The van der Waals surface area contributed by atoms with Crippen LogP contribution in [0.1, 0.15) is 29.3 Å². The number of fused-ring (bicyclic) bond motifs is 3. The number of nitrogens with zero attached hydrogens (tertiary/aromatic N) is 2. The molecule has 2 aromatic heterocycles. The highest BCUT2D eigenvalue weighted by atomic mass is 32.2. The Morgan fingerprint density at radius 2 is 2.19 bits per heavy atom. The maximum Gasteiger partial charge on any atom is 0.263 e. The predicted octanol–water partition coefficient (Wildman–Crippen LogP) is 5.06. The summed E-state index contributed by atoms with van der Waals surface area (Å²) >= 11 is 3.34. The van der Waals surface area contributed by atoms with E-state index in [2.05, 4.69) is 25.6 Å². The minimum absolute atomic E-state index is 0.0945. The van der Waals surface area contributed by atoms with Crippen molar-refractivity contribution in [3.8, 4) is 0 Å². The summed E-state index contributed by atoms with van der Waals surface area (Å²) in [7, 11) is 0. The average Bonchev–Trinajstić information content (AvgIpc) is 3.01. The molecule has 3 aromatic rings. The maximum atomic E-state index is 13.3. The normalized spacial score (nSPS) is 16.6. The predicted molar refractivity (Wildman–Crippen MR) is 111 cm³/mol. The summed E-state index contributed by atoms with van der Waals surface area (Å²) in [4.78, 5) is 20.4. The third-order valence-corrected chi connectivity index (χ3v) is 7.13. The third kappa shape index (κ3) is 3.26. The molecular weight excluding hydrogens is 360 g/mol. The summed E-state index contributed by atoms with van der Waals surface area (Å²) in [6.45, 7) is 6.60. The van der Waals surface area contributed by atoms with Crippen LogP contribution in [-0.4, -0.2) is 9.55 Å². The molecule has 1 aliphatic carbocycles. The number of aryl methyl sites for hydroxylation is 1. The molecule has 0 spiro atoms. The van der Waals surface area contributed by atoms with Gasteiger partial charge >= 0.3 is 0 Å². The molecule has 3 nitrogen and oxygen atoms in total. The first-order valence-corrected chi connectivity index (χ1v) is 10.8. The fourth-order valence-corrected chi connectivity index (χ4v) is 5.76. The number of hydrogen-bond acceptors (Lipinski definition) is 4. The molecule has 26 heavy (non-hydrogen) atoms. The molecule has 0 amide bonds. The van der Waals surface area contributed by atoms with Crippen molar-refractivity contribution in [2.24, 2.45) is 5.92 Å². The highest BCUT2D eigenvalue weighted by Gasteiger charge is 2.24. The number of thioether (sulfide) groups is 1. The van der Waals surface area contributed by atoms with Crippen LogP contribution in [0.5, 0.6) is 0 Å². The molecule has 5 heteroatoms. The van der Waals surface area contributed by atoms with Gasteiger partial charge in [-0.2, -0.15) is 0 Å². The molecule has 0 unspecified atom stereocenters.